The third kappa shape index (κ3) is 5.73. The monoisotopic (exact) mass is 486 g/mol. The maximum atomic E-state index is 5.32. The van der Waals surface area contributed by atoms with E-state index in [9.17, 15) is 0 Å². The van der Waals surface area contributed by atoms with E-state index >= 15 is 0 Å². The van der Waals surface area contributed by atoms with E-state index in [-0.39, 0.29) is 24.0 Å². The maximum Gasteiger partial charge on any atom is 0.193 e. The molecule has 1 aromatic rings. The van der Waals surface area contributed by atoms with E-state index in [0.717, 1.165) is 31.3 Å². The van der Waals surface area contributed by atoms with Crippen LogP contribution in [0.3, 0.4) is 0 Å². The SMILES string of the molecule is CN=C(NCC(c1ccc(OC)cc1)N1CCCC1)N1CCC(C)(C)C1.I. The molecule has 2 fully saturated rings. The first-order valence-corrected chi connectivity index (χ1v) is 9.86. The molecule has 1 aromatic carbocycles. The molecule has 0 spiro atoms. The molecule has 2 aliphatic heterocycles. The predicted octanol–water partition coefficient (Wildman–Crippen LogP) is 3.76. The number of ether oxygens (including phenoxy) is 1. The van der Waals surface area contributed by atoms with Gasteiger partial charge in [0.15, 0.2) is 5.96 Å². The maximum absolute atomic E-state index is 5.32. The normalized spacial score (nSPS) is 21.0. The largest absolute Gasteiger partial charge is 0.497 e. The number of likely N-dealkylation sites (tertiary alicyclic amines) is 2. The van der Waals surface area contributed by atoms with E-state index in [1.165, 1.54) is 37.9 Å². The summed E-state index contributed by atoms with van der Waals surface area (Å²) in [5, 5.41) is 3.66. The molecule has 2 heterocycles. The van der Waals surface area contributed by atoms with Gasteiger partial charge in [-0.05, 0) is 55.5 Å². The first-order chi connectivity index (χ1) is 12.5. The summed E-state index contributed by atoms with van der Waals surface area (Å²) in [7, 11) is 3.61. The van der Waals surface area contributed by atoms with Crippen molar-refractivity contribution in [2.75, 3.05) is 46.9 Å². The molecule has 5 nitrogen and oxygen atoms in total. The number of methoxy groups -OCH3 is 1. The second-order valence-corrected chi connectivity index (χ2v) is 8.30. The van der Waals surface area contributed by atoms with Gasteiger partial charge in [-0.2, -0.15) is 0 Å². The lowest BCUT2D eigenvalue weighted by Gasteiger charge is -2.31. The minimum absolute atomic E-state index is 0. The van der Waals surface area contributed by atoms with Gasteiger partial charge in [0, 0.05) is 26.7 Å². The number of nitrogens with zero attached hydrogens (tertiary/aromatic N) is 3. The molecule has 0 aliphatic carbocycles. The van der Waals surface area contributed by atoms with Gasteiger partial charge in [0.25, 0.3) is 0 Å². The molecule has 6 heteroatoms. The Hall–Kier alpha value is -1.02. The van der Waals surface area contributed by atoms with E-state index in [0.29, 0.717) is 11.5 Å². The Morgan fingerprint density at radius 3 is 2.37 bits per heavy atom. The van der Waals surface area contributed by atoms with Gasteiger partial charge >= 0.3 is 0 Å². The molecule has 1 N–H and O–H groups in total. The van der Waals surface area contributed by atoms with Crippen LogP contribution in [0.15, 0.2) is 29.3 Å². The van der Waals surface area contributed by atoms with Crippen LogP contribution in [0, 0.1) is 5.41 Å². The van der Waals surface area contributed by atoms with Gasteiger partial charge in [-0.3, -0.25) is 9.89 Å². The quantitative estimate of drug-likeness (QED) is 0.391. The second-order valence-electron chi connectivity index (χ2n) is 8.30. The Bertz CT molecular complexity index is 611. The standard InChI is InChI=1S/C21H34N4O.HI/c1-21(2)11-14-25(16-21)20(22-3)23-15-19(24-12-5-6-13-24)17-7-9-18(26-4)10-8-17;/h7-10,19H,5-6,11-16H2,1-4H3,(H,22,23);1H. The fraction of sp³-hybridized carbons (Fsp3) is 0.667. The topological polar surface area (TPSA) is 40.1 Å². The zero-order chi connectivity index (χ0) is 18.6. The third-order valence-corrected chi connectivity index (χ3v) is 5.72. The fourth-order valence-electron chi connectivity index (χ4n) is 4.15. The number of hydrogen-bond donors (Lipinski definition) is 1. The first-order valence-electron chi connectivity index (χ1n) is 9.86. The van der Waals surface area contributed by atoms with E-state index < -0.39 is 0 Å². The van der Waals surface area contributed by atoms with Crippen molar-refractivity contribution in [2.24, 2.45) is 10.4 Å². The minimum Gasteiger partial charge on any atom is -0.497 e. The van der Waals surface area contributed by atoms with Crippen molar-refractivity contribution < 1.29 is 4.74 Å². The summed E-state index contributed by atoms with van der Waals surface area (Å²) >= 11 is 0. The fourth-order valence-corrected chi connectivity index (χ4v) is 4.15. The van der Waals surface area contributed by atoms with Gasteiger partial charge in [0.05, 0.1) is 13.2 Å². The highest BCUT2D eigenvalue weighted by Gasteiger charge is 2.31. The van der Waals surface area contributed by atoms with Gasteiger partial charge in [-0.25, -0.2) is 0 Å². The van der Waals surface area contributed by atoms with Crippen LogP contribution in [-0.4, -0.2) is 62.6 Å². The highest BCUT2D eigenvalue weighted by molar-refractivity contribution is 14.0. The van der Waals surface area contributed by atoms with Crippen LogP contribution in [0.2, 0.25) is 0 Å². The molecule has 0 amide bonds. The number of hydrogen-bond acceptors (Lipinski definition) is 3. The predicted molar refractivity (Wildman–Crippen MR) is 123 cm³/mol. The first kappa shape index (κ1) is 22.3. The number of nitrogens with one attached hydrogen (secondary N) is 1. The highest BCUT2D eigenvalue weighted by atomic mass is 127. The second kappa shape index (κ2) is 9.96. The van der Waals surface area contributed by atoms with Crippen molar-refractivity contribution in [3.05, 3.63) is 29.8 Å². The van der Waals surface area contributed by atoms with Crippen LogP contribution < -0.4 is 10.1 Å². The number of benzene rings is 1. The van der Waals surface area contributed by atoms with Crippen molar-refractivity contribution in [3.63, 3.8) is 0 Å². The molecule has 27 heavy (non-hydrogen) atoms. The summed E-state index contributed by atoms with van der Waals surface area (Å²) in [5.41, 5.74) is 1.72. The van der Waals surface area contributed by atoms with Gasteiger partial charge < -0.3 is 15.0 Å². The third-order valence-electron chi connectivity index (χ3n) is 5.72. The molecule has 2 aliphatic rings. The Morgan fingerprint density at radius 1 is 1.19 bits per heavy atom. The zero-order valence-corrected chi connectivity index (χ0v) is 19.5. The average Bonchev–Trinajstić information content (AvgIpc) is 3.29. The molecule has 0 bridgehead atoms. The molecule has 2 saturated heterocycles. The van der Waals surface area contributed by atoms with Crippen molar-refractivity contribution in [1.82, 2.24) is 15.1 Å². The summed E-state index contributed by atoms with van der Waals surface area (Å²) in [6, 6.07) is 8.90. The van der Waals surface area contributed by atoms with Crippen LogP contribution in [0.1, 0.15) is 44.7 Å². The smallest absolute Gasteiger partial charge is 0.193 e. The molecule has 0 saturated carbocycles. The molecular formula is C21H35IN4O. The molecule has 3 rings (SSSR count). The molecule has 0 radical (unpaired) electrons. The van der Waals surface area contributed by atoms with Crippen LogP contribution in [0.5, 0.6) is 5.75 Å². The van der Waals surface area contributed by atoms with Gasteiger partial charge in [0.1, 0.15) is 5.75 Å². The van der Waals surface area contributed by atoms with Gasteiger partial charge in [-0.15, -0.1) is 24.0 Å². The molecular weight excluding hydrogens is 451 g/mol. The van der Waals surface area contributed by atoms with E-state index in [1.54, 1.807) is 7.11 Å². The minimum atomic E-state index is 0. The van der Waals surface area contributed by atoms with Crippen LogP contribution in [0.4, 0.5) is 0 Å². The lowest BCUT2D eigenvalue weighted by molar-refractivity contribution is 0.243. The Balaban J connectivity index is 0.00000261. The van der Waals surface area contributed by atoms with E-state index in [4.69, 9.17) is 4.74 Å². The van der Waals surface area contributed by atoms with Crippen LogP contribution >= 0.6 is 24.0 Å². The summed E-state index contributed by atoms with van der Waals surface area (Å²) in [5.74, 6) is 1.95. The number of aliphatic imine (C=N–C) groups is 1. The van der Waals surface area contributed by atoms with Crippen LogP contribution in [-0.2, 0) is 0 Å². The van der Waals surface area contributed by atoms with Gasteiger partial charge in [0.2, 0.25) is 0 Å². The Labute approximate surface area is 181 Å². The summed E-state index contributed by atoms with van der Waals surface area (Å²) in [4.78, 5) is 9.54. The molecule has 1 atom stereocenters. The molecule has 1 unspecified atom stereocenters. The van der Waals surface area contributed by atoms with Gasteiger partial charge in [-0.1, -0.05) is 26.0 Å². The summed E-state index contributed by atoms with van der Waals surface area (Å²) in [6.07, 6.45) is 3.81. The Kier molecular flexibility index (Phi) is 8.21. The van der Waals surface area contributed by atoms with E-state index in [2.05, 4.69) is 58.2 Å². The zero-order valence-electron chi connectivity index (χ0n) is 17.2. The van der Waals surface area contributed by atoms with Crippen LogP contribution in [0.25, 0.3) is 0 Å². The number of rotatable bonds is 5. The Morgan fingerprint density at radius 2 is 1.85 bits per heavy atom. The number of guanidine groups is 1. The van der Waals surface area contributed by atoms with Crippen molar-refractivity contribution in [1.29, 1.82) is 0 Å². The lowest BCUT2D eigenvalue weighted by atomic mass is 9.93. The summed E-state index contributed by atoms with van der Waals surface area (Å²) in [6.45, 7) is 10.1. The van der Waals surface area contributed by atoms with Crippen molar-refractivity contribution >= 4 is 29.9 Å². The number of halogens is 1. The average molecular weight is 486 g/mol. The highest BCUT2D eigenvalue weighted by Crippen LogP contribution is 2.29. The molecule has 152 valence electrons. The molecule has 0 aromatic heterocycles. The van der Waals surface area contributed by atoms with Crippen molar-refractivity contribution in [2.45, 2.75) is 39.2 Å². The van der Waals surface area contributed by atoms with Crippen molar-refractivity contribution in [3.8, 4) is 5.75 Å². The van der Waals surface area contributed by atoms with E-state index in [1.807, 2.05) is 7.05 Å². The summed E-state index contributed by atoms with van der Waals surface area (Å²) < 4.78 is 5.32. The lowest BCUT2D eigenvalue weighted by Crippen LogP contribution is -2.44.